The minimum atomic E-state index is -0.948. The second-order valence-corrected chi connectivity index (χ2v) is 7.65. The van der Waals surface area contributed by atoms with Gasteiger partial charge in [0.05, 0.1) is 11.4 Å². The zero-order valence-electron chi connectivity index (χ0n) is 15.5. The third kappa shape index (κ3) is 2.92. The summed E-state index contributed by atoms with van der Waals surface area (Å²) in [5.74, 6) is 0.0436. The molecular formula is C20H26N4O2. The molecule has 0 bridgehead atoms. The fraction of sp³-hybridized carbons (Fsp3) is 0.550. The number of hydrogen-bond donors (Lipinski definition) is 1. The van der Waals surface area contributed by atoms with Gasteiger partial charge in [-0.05, 0) is 57.1 Å². The van der Waals surface area contributed by atoms with Gasteiger partial charge in [0.15, 0.2) is 0 Å². The van der Waals surface area contributed by atoms with Crippen LogP contribution < -0.4 is 0 Å². The van der Waals surface area contributed by atoms with Gasteiger partial charge in [-0.15, -0.1) is 0 Å². The van der Waals surface area contributed by atoms with Gasteiger partial charge in [-0.3, -0.25) is 14.5 Å². The highest BCUT2D eigenvalue weighted by atomic mass is 16.3. The number of amides is 1. The molecular weight excluding hydrogens is 328 g/mol. The number of piperidine rings is 1. The molecule has 0 saturated carbocycles. The first-order valence-corrected chi connectivity index (χ1v) is 9.47. The highest BCUT2D eigenvalue weighted by Gasteiger charge is 2.38. The van der Waals surface area contributed by atoms with Gasteiger partial charge >= 0.3 is 0 Å². The molecule has 1 saturated heterocycles. The summed E-state index contributed by atoms with van der Waals surface area (Å²) in [6, 6.07) is 3.87. The maximum atomic E-state index is 13.1. The van der Waals surface area contributed by atoms with Gasteiger partial charge in [-0.1, -0.05) is 6.07 Å². The summed E-state index contributed by atoms with van der Waals surface area (Å²) >= 11 is 0. The number of carbonyl (C=O) groups excluding carboxylic acids is 1. The molecule has 0 spiro atoms. The third-order valence-electron chi connectivity index (χ3n) is 5.79. The smallest absolute Gasteiger partial charge is 0.272 e. The van der Waals surface area contributed by atoms with Crippen LogP contribution in [0, 0.1) is 6.92 Å². The average Bonchev–Trinajstić information content (AvgIpc) is 2.98. The van der Waals surface area contributed by atoms with Gasteiger partial charge in [0.2, 0.25) is 0 Å². The number of fused-ring (bicyclic) bond motifs is 1. The molecule has 1 N–H and O–H groups in total. The molecule has 6 heteroatoms. The van der Waals surface area contributed by atoms with Crippen molar-refractivity contribution in [3.05, 3.63) is 46.5 Å². The maximum Gasteiger partial charge on any atom is 0.272 e. The SMILES string of the molecule is Cc1ccc(C2(O)CCN(C(=O)c3c4c(nn3C)CCCC4)CC2)nc1. The van der Waals surface area contributed by atoms with Gasteiger partial charge in [-0.2, -0.15) is 5.10 Å². The molecule has 1 fully saturated rings. The fourth-order valence-electron chi connectivity index (χ4n) is 4.18. The molecule has 3 heterocycles. The lowest BCUT2D eigenvalue weighted by atomic mass is 9.87. The molecule has 1 amide bonds. The lowest BCUT2D eigenvalue weighted by Crippen LogP contribution is -2.46. The van der Waals surface area contributed by atoms with Crippen molar-refractivity contribution < 1.29 is 9.90 Å². The highest BCUT2D eigenvalue weighted by Crippen LogP contribution is 2.33. The second kappa shape index (κ2) is 6.50. The summed E-state index contributed by atoms with van der Waals surface area (Å²) in [7, 11) is 1.86. The normalized spacial score (nSPS) is 19.3. The Morgan fingerprint density at radius 2 is 1.92 bits per heavy atom. The summed E-state index contributed by atoms with van der Waals surface area (Å²) in [6.07, 6.45) is 6.98. The largest absolute Gasteiger partial charge is 0.383 e. The van der Waals surface area contributed by atoms with Crippen LogP contribution >= 0.6 is 0 Å². The van der Waals surface area contributed by atoms with E-state index in [1.54, 1.807) is 10.9 Å². The van der Waals surface area contributed by atoms with E-state index in [0.29, 0.717) is 31.6 Å². The van der Waals surface area contributed by atoms with Crippen LogP contribution in [0.15, 0.2) is 18.3 Å². The summed E-state index contributed by atoms with van der Waals surface area (Å²) < 4.78 is 1.75. The van der Waals surface area contributed by atoms with E-state index >= 15 is 0 Å². The van der Waals surface area contributed by atoms with Crippen molar-refractivity contribution in [1.82, 2.24) is 19.7 Å². The van der Waals surface area contributed by atoms with E-state index < -0.39 is 5.60 Å². The zero-order valence-corrected chi connectivity index (χ0v) is 15.5. The van der Waals surface area contributed by atoms with Crippen molar-refractivity contribution in [2.75, 3.05) is 13.1 Å². The average molecular weight is 354 g/mol. The third-order valence-corrected chi connectivity index (χ3v) is 5.79. The van der Waals surface area contributed by atoms with Gasteiger partial charge in [-0.25, -0.2) is 0 Å². The van der Waals surface area contributed by atoms with E-state index in [0.717, 1.165) is 48.2 Å². The van der Waals surface area contributed by atoms with Gasteiger partial charge < -0.3 is 10.0 Å². The Bertz CT molecular complexity index is 817. The summed E-state index contributed by atoms with van der Waals surface area (Å²) in [5, 5.41) is 15.6. The monoisotopic (exact) mass is 354 g/mol. The topological polar surface area (TPSA) is 71.2 Å². The first-order chi connectivity index (χ1) is 12.5. The molecule has 2 aromatic heterocycles. The Labute approximate surface area is 153 Å². The van der Waals surface area contributed by atoms with Gasteiger partial charge in [0.25, 0.3) is 5.91 Å². The molecule has 0 radical (unpaired) electrons. The van der Waals surface area contributed by atoms with Crippen molar-refractivity contribution in [2.24, 2.45) is 7.05 Å². The Morgan fingerprint density at radius 1 is 1.19 bits per heavy atom. The molecule has 2 aliphatic rings. The van der Waals surface area contributed by atoms with Crippen LogP contribution in [0.2, 0.25) is 0 Å². The number of hydrogen-bond acceptors (Lipinski definition) is 4. The van der Waals surface area contributed by atoms with Crippen LogP contribution in [0.1, 0.15) is 58.7 Å². The van der Waals surface area contributed by atoms with Crippen LogP contribution in [0.25, 0.3) is 0 Å². The highest BCUT2D eigenvalue weighted by molar-refractivity contribution is 5.94. The number of likely N-dealkylation sites (tertiary alicyclic amines) is 1. The minimum absolute atomic E-state index is 0.0436. The van der Waals surface area contributed by atoms with Gasteiger partial charge in [0, 0.05) is 31.9 Å². The number of rotatable bonds is 2. The molecule has 1 aliphatic heterocycles. The Hall–Kier alpha value is -2.21. The number of carbonyl (C=O) groups is 1. The summed E-state index contributed by atoms with van der Waals surface area (Å²) in [4.78, 5) is 19.4. The van der Waals surface area contributed by atoms with E-state index in [9.17, 15) is 9.90 Å². The second-order valence-electron chi connectivity index (χ2n) is 7.65. The molecule has 0 atom stereocenters. The fourth-order valence-corrected chi connectivity index (χ4v) is 4.18. The first kappa shape index (κ1) is 17.2. The summed E-state index contributed by atoms with van der Waals surface area (Å²) in [6.45, 7) is 3.05. The van der Waals surface area contributed by atoms with Crippen molar-refractivity contribution >= 4 is 5.91 Å². The number of nitrogens with zero attached hydrogens (tertiary/aromatic N) is 4. The van der Waals surface area contributed by atoms with Crippen molar-refractivity contribution in [2.45, 2.75) is 51.0 Å². The maximum absolute atomic E-state index is 13.1. The number of aryl methyl sites for hydroxylation is 3. The summed E-state index contributed by atoms with van der Waals surface area (Å²) in [5.41, 5.74) is 3.78. The number of aliphatic hydroxyl groups is 1. The lowest BCUT2D eigenvalue weighted by Gasteiger charge is -2.38. The van der Waals surface area contributed by atoms with E-state index in [1.165, 1.54) is 0 Å². The van der Waals surface area contributed by atoms with Crippen LogP contribution in [-0.4, -0.2) is 43.8 Å². The van der Waals surface area contributed by atoms with Crippen molar-refractivity contribution in [1.29, 1.82) is 0 Å². The van der Waals surface area contributed by atoms with Gasteiger partial charge in [0.1, 0.15) is 11.3 Å². The van der Waals surface area contributed by atoms with Crippen LogP contribution in [0.4, 0.5) is 0 Å². The molecule has 138 valence electrons. The molecule has 6 nitrogen and oxygen atoms in total. The van der Waals surface area contributed by atoms with Crippen LogP contribution in [-0.2, 0) is 25.5 Å². The molecule has 0 aromatic carbocycles. The quantitative estimate of drug-likeness (QED) is 0.897. The molecule has 4 rings (SSSR count). The van der Waals surface area contributed by atoms with E-state index in [2.05, 4.69) is 10.1 Å². The predicted molar refractivity (Wildman–Crippen MR) is 97.9 cm³/mol. The van der Waals surface area contributed by atoms with Crippen molar-refractivity contribution in [3.8, 4) is 0 Å². The standard InChI is InChI=1S/C20H26N4O2/c1-14-7-8-17(21-13-14)20(26)9-11-24(12-10-20)19(25)18-15-5-3-4-6-16(15)22-23(18)2/h7-8,13,26H,3-6,9-12H2,1-2H3. The molecule has 26 heavy (non-hydrogen) atoms. The van der Waals surface area contributed by atoms with Crippen LogP contribution in [0.5, 0.6) is 0 Å². The van der Waals surface area contributed by atoms with E-state index in [4.69, 9.17) is 0 Å². The Morgan fingerprint density at radius 3 is 2.62 bits per heavy atom. The Kier molecular flexibility index (Phi) is 4.31. The number of pyridine rings is 1. The molecule has 2 aromatic rings. The van der Waals surface area contributed by atoms with E-state index in [1.807, 2.05) is 31.0 Å². The van der Waals surface area contributed by atoms with Crippen LogP contribution in [0.3, 0.4) is 0 Å². The van der Waals surface area contributed by atoms with E-state index in [-0.39, 0.29) is 5.91 Å². The Balaban J connectivity index is 1.51. The molecule has 1 aliphatic carbocycles. The van der Waals surface area contributed by atoms with Crippen molar-refractivity contribution in [3.63, 3.8) is 0 Å². The minimum Gasteiger partial charge on any atom is -0.383 e. The predicted octanol–water partition coefficient (Wildman–Crippen LogP) is 2.13. The molecule has 0 unspecified atom stereocenters. The number of aromatic nitrogens is 3. The zero-order chi connectivity index (χ0) is 18.3. The lowest BCUT2D eigenvalue weighted by molar-refractivity contribution is -0.0246. The first-order valence-electron chi connectivity index (χ1n) is 9.47.